The highest BCUT2D eigenvalue weighted by atomic mass is 32.2. The summed E-state index contributed by atoms with van der Waals surface area (Å²) < 4.78 is 23.6. The molecule has 1 aliphatic rings. The first-order chi connectivity index (χ1) is 13.5. The second kappa shape index (κ2) is 8.88. The van der Waals surface area contributed by atoms with Crippen LogP contribution in [-0.4, -0.2) is 41.7 Å². The average Bonchev–Trinajstić information content (AvgIpc) is 2.97. The van der Waals surface area contributed by atoms with Crippen molar-refractivity contribution in [1.29, 1.82) is 0 Å². The van der Waals surface area contributed by atoms with Gasteiger partial charge in [-0.15, -0.1) is 5.10 Å². The number of thioether (sulfide) groups is 1. The molecule has 1 atom stereocenters. The summed E-state index contributed by atoms with van der Waals surface area (Å²) >= 11 is 1.34. The normalized spacial score (nSPS) is 18.3. The minimum atomic E-state index is -0.314. The van der Waals surface area contributed by atoms with Gasteiger partial charge in [0.1, 0.15) is 17.3 Å². The summed E-state index contributed by atoms with van der Waals surface area (Å²) in [5.41, 5.74) is 1.55. The van der Waals surface area contributed by atoms with Crippen LogP contribution in [-0.2, 0) is 11.3 Å². The minimum Gasteiger partial charge on any atom is -0.497 e. The molecule has 28 heavy (non-hydrogen) atoms. The van der Waals surface area contributed by atoms with Crippen LogP contribution in [0.2, 0.25) is 0 Å². The predicted octanol–water partition coefficient (Wildman–Crippen LogP) is 3.70. The lowest BCUT2D eigenvalue weighted by Crippen LogP contribution is -2.30. The van der Waals surface area contributed by atoms with E-state index in [0.29, 0.717) is 23.2 Å². The summed E-state index contributed by atoms with van der Waals surface area (Å²) in [7, 11) is 3.15. The van der Waals surface area contributed by atoms with Gasteiger partial charge in [-0.3, -0.25) is 9.69 Å². The summed E-state index contributed by atoms with van der Waals surface area (Å²) in [5, 5.41) is 8.62. The van der Waals surface area contributed by atoms with E-state index in [1.54, 1.807) is 49.6 Å². The summed E-state index contributed by atoms with van der Waals surface area (Å²) in [6, 6.07) is 11.4. The van der Waals surface area contributed by atoms with Gasteiger partial charge in [0, 0.05) is 11.6 Å². The van der Waals surface area contributed by atoms with Gasteiger partial charge in [0.05, 0.1) is 32.2 Å². The third-order valence-electron chi connectivity index (χ3n) is 4.16. The predicted molar refractivity (Wildman–Crippen MR) is 109 cm³/mol. The molecule has 1 heterocycles. The van der Waals surface area contributed by atoms with Gasteiger partial charge in [-0.2, -0.15) is 5.10 Å². The van der Waals surface area contributed by atoms with Crippen LogP contribution in [0, 0.1) is 5.82 Å². The van der Waals surface area contributed by atoms with E-state index in [0.717, 1.165) is 11.1 Å². The van der Waals surface area contributed by atoms with Crippen molar-refractivity contribution >= 4 is 29.1 Å². The molecular weight excluding hydrogens is 381 g/mol. The fraction of sp³-hybridized carbons (Fsp3) is 0.250. The molecule has 0 N–H and O–H groups in total. The number of rotatable bonds is 6. The summed E-state index contributed by atoms with van der Waals surface area (Å²) in [6.07, 6.45) is 1.56. The van der Waals surface area contributed by atoms with Crippen molar-refractivity contribution in [2.24, 2.45) is 10.2 Å². The van der Waals surface area contributed by atoms with Gasteiger partial charge >= 0.3 is 0 Å². The Morgan fingerprint density at radius 2 is 1.93 bits per heavy atom. The molecule has 0 aromatic heterocycles. The monoisotopic (exact) mass is 401 g/mol. The number of halogens is 1. The molecule has 1 aliphatic heterocycles. The second-order valence-electron chi connectivity index (χ2n) is 6.05. The van der Waals surface area contributed by atoms with Crippen LogP contribution in [0.25, 0.3) is 0 Å². The van der Waals surface area contributed by atoms with Crippen LogP contribution < -0.4 is 9.47 Å². The van der Waals surface area contributed by atoms with Crippen molar-refractivity contribution in [3.8, 4) is 11.5 Å². The Bertz CT molecular complexity index is 915. The first-order valence-electron chi connectivity index (χ1n) is 8.57. The largest absolute Gasteiger partial charge is 0.497 e. The van der Waals surface area contributed by atoms with Gasteiger partial charge in [0.2, 0.25) is 5.91 Å². The number of amidine groups is 1. The van der Waals surface area contributed by atoms with Crippen LogP contribution in [0.3, 0.4) is 0 Å². The molecule has 1 saturated heterocycles. The van der Waals surface area contributed by atoms with Crippen LogP contribution in [0.5, 0.6) is 11.5 Å². The second-order valence-corrected chi connectivity index (χ2v) is 7.35. The highest BCUT2D eigenvalue weighted by molar-refractivity contribution is 8.15. The lowest BCUT2D eigenvalue weighted by molar-refractivity contribution is -0.126. The van der Waals surface area contributed by atoms with Gasteiger partial charge in [0.15, 0.2) is 5.17 Å². The highest BCUT2D eigenvalue weighted by Gasteiger charge is 2.35. The smallest absolute Gasteiger partial charge is 0.242 e. The third-order valence-corrected chi connectivity index (χ3v) is 5.23. The van der Waals surface area contributed by atoms with Crippen LogP contribution >= 0.6 is 11.8 Å². The Labute approximate surface area is 167 Å². The van der Waals surface area contributed by atoms with E-state index >= 15 is 0 Å². The number of hydrogen-bond donors (Lipinski definition) is 0. The van der Waals surface area contributed by atoms with E-state index in [-0.39, 0.29) is 17.0 Å². The van der Waals surface area contributed by atoms with Crippen molar-refractivity contribution in [3.05, 3.63) is 59.4 Å². The molecule has 0 aliphatic carbocycles. The molecule has 146 valence electrons. The van der Waals surface area contributed by atoms with E-state index in [1.807, 2.05) is 13.0 Å². The topological polar surface area (TPSA) is 63.5 Å². The van der Waals surface area contributed by atoms with Crippen molar-refractivity contribution in [3.63, 3.8) is 0 Å². The maximum atomic E-state index is 13.1. The number of ether oxygens (including phenoxy) is 2. The molecule has 1 amide bonds. The lowest BCUT2D eigenvalue weighted by Gasteiger charge is -2.15. The summed E-state index contributed by atoms with van der Waals surface area (Å²) in [6.45, 7) is 2.14. The van der Waals surface area contributed by atoms with E-state index in [4.69, 9.17) is 9.47 Å². The van der Waals surface area contributed by atoms with Crippen molar-refractivity contribution < 1.29 is 18.7 Å². The molecule has 2 aromatic rings. The Hall–Kier alpha value is -2.87. The van der Waals surface area contributed by atoms with Gasteiger partial charge in [-0.25, -0.2) is 4.39 Å². The quantitative estimate of drug-likeness (QED) is 0.547. The number of amides is 1. The van der Waals surface area contributed by atoms with Crippen molar-refractivity contribution in [2.45, 2.75) is 18.7 Å². The Kier molecular flexibility index (Phi) is 6.30. The van der Waals surface area contributed by atoms with Crippen LogP contribution in [0.4, 0.5) is 4.39 Å². The Balaban J connectivity index is 1.80. The molecule has 8 heteroatoms. The molecular formula is C20H20FN3O3S. The number of carbonyl (C=O) groups excluding carboxylic acids is 1. The maximum absolute atomic E-state index is 13.1. The maximum Gasteiger partial charge on any atom is 0.242 e. The van der Waals surface area contributed by atoms with E-state index in [2.05, 4.69) is 10.2 Å². The summed E-state index contributed by atoms with van der Waals surface area (Å²) in [5.74, 6) is 0.919. The average molecular weight is 401 g/mol. The highest BCUT2D eigenvalue weighted by Crippen LogP contribution is 2.29. The fourth-order valence-corrected chi connectivity index (χ4v) is 3.57. The third kappa shape index (κ3) is 4.51. The van der Waals surface area contributed by atoms with E-state index in [1.165, 1.54) is 23.9 Å². The fourth-order valence-electron chi connectivity index (χ4n) is 2.65. The summed E-state index contributed by atoms with van der Waals surface area (Å²) in [4.78, 5) is 14.0. The number of benzene rings is 2. The molecule has 0 radical (unpaired) electrons. The Morgan fingerprint density at radius 1 is 1.18 bits per heavy atom. The number of methoxy groups -OCH3 is 2. The lowest BCUT2D eigenvalue weighted by atomic mass is 10.2. The standard InChI is InChI=1S/C20H20FN3O3S/c1-13-19(25)24(12-14-4-7-16(21)8-5-14)20(28-13)23-22-11-15-6-9-17(26-2)10-18(15)27-3/h4-11,13H,12H2,1-3H3/b22-11-,23-20-/t13-/m0/s1. The minimum absolute atomic E-state index is 0.0506. The Morgan fingerprint density at radius 3 is 2.61 bits per heavy atom. The number of hydrogen-bond acceptors (Lipinski definition) is 6. The molecule has 3 rings (SSSR count). The first-order valence-corrected chi connectivity index (χ1v) is 9.45. The van der Waals surface area contributed by atoms with E-state index in [9.17, 15) is 9.18 Å². The molecule has 0 saturated carbocycles. The van der Waals surface area contributed by atoms with Gasteiger partial charge < -0.3 is 9.47 Å². The number of carbonyl (C=O) groups is 1. The molecule has 2 aromatic carbocycles. The molecule has 1 fully saturated rings. The van der Waals surface area contributed by atoms with Gasteiger partial charge in [-0.05, 0) is 36.8 Å². The zero-order valence-corrected chi connectivity index (χ0v) is 16.6. The zero-order valence-electron chi connectivity index (χ0n) is 15.8. The van der Waals surface area contributed by atoms with E-state index < -0.39 is 0 Å². The van der Waals surface area contributed by atoms with Gasteiger partial charge in [0.25, 0.3) is 0 Å². The molecule has 0 bridgehead atoms. The number of nitrogens with zero attached hydrogens (tertiary/aromatic N) is 3. The van der Waals surface area contributed by atoms with Crippen molar-refractivity contribution in [1.82, 2.24) is 4.90 Å². The molecule has 0 spiro atoms. The molecule has 0 unspecified atom stereocenters. The van der Waals surface area contributed by atoms with Crippen molar-refractivity contribution in [2.75, 3.05) is 14.2 Å². The van der Waals surface area contributed by atoms with Gasteiger partial charge in [-0.1, -0.05) is 23.9 Å². The molecule has 6 nitrogen and oxygen atoms in total. The van der Waals surface area contributed by atoms with Crippen LogP contribution in [0.15, 0.2) is 52.7 Å². The first kappa shape index (κ1) is 19.9. The SMILES string of the molecule is COc1ccc(/C=N\N=C2/S[C@@H](C)C(=O)N2Cc2ccc(F)cc2)c(OC)c1. The zero-order chi connectivity index (χ0) is 20.1. The van der Waals surface area contributed by atoms with Crippen LogP contribution in [0.1, 0.15) is 18.1 Å².